The van der Waals surface area contributed by atoms with E-state index >= 15 is 0 Å². The van der Waals surface area contributed by atoms with Crippen molar-refractivity contribution in [3.63, 3.8) is 0 Å². The summed E-state index contributed by atoms with van der Waals surface area (Å²) < 4.78 is 12.2. The molecule has 3 N–H and O–H groups in total. The molecule has 0 radical (unpaired) electrons. The molecule has 1 saturated heterocycles. The first-order valence-electron chi connectivity index (χ1n) is 9.46. The fourth-order valence-electron chi connectivity index (χ4n) is 3.05. The number of nitrogens with zero attached hydrogens (tertiary/aromatic N) is 7. The van der Waals surface area contributed by atoms with Crippen LogP contribution >= 0.6 is 15.9 Å². The van der Waals surface area contributed by atoms with E-state index in [0.29, 0.717) is 31.2 Å². The molecule has 13 heteroatoms. The number of nitrogen functional groups attached to an aromatic ring is 1. The highest BCUT2D eigenvalue weighted by atomic mass is 79.9. The van der Waals surface area contributed by atoms with Crippen LogP contribution in [0.2, 0.25) is 0 Å². The molecule has 1 aliphatic heterocycles. The Balaban J connectivity index is 1.61. The second kappa shape index (κ2) is 9.32. The van der Waals surface area contributed by atoms with Gasteiger partial charge in [0, 0.05) is 24.1 Å². The first-order chi connectivity index (χ1) is 15.0. The van der Waals surface area contributed by atoms with Crippen LogP contribution in [0.5, 0.6) is 0 Å². The topological polar surface area (TPSA) is 150 Å². The van der Waals surface area contributed by atoms with Crippen LogP contribution in [0, 0.1) is 0 Å². The second-order valence-corrected chi connectivity index (χ2v) is 7.72. The van der Waals surface area contributed by atoms with Crippen LogP contribution in [-0.2, 0) is 11.3 Å². The monoisotopic (exact) mass is 489 g/mol. The van der Waals surface area contributed by atoms with E-state index in [1.54, 1.807) is 6.92 Å². The maximum atomic E-state index is 13.1. The summed E-state index contributed by atoms with van der Waals surface area (Å²) in [6.45, 7) is 4.89. The number of benzene rings is 1. The van der Waals surface area contributed by atoms with Gasteiger partial charge in [-0.05, 0) is 34.9 Å². The molecule has 0 unspecified atom stereocenters. The van der Waals surface area contributed by atoms with Crippen LogP contribution in [0.3, 0.4) is 0 Å². The smallest absolute Gasteiger partial charge is 0.292 e. The number of ether oxygens (including phenoxy) is 1. The summed E-state index contributed by atoms with van der Waals surface area (Å²) in [4.78, 5) is 15.2. The molecule has 2 aromatic heterocycles. The van der Waals surface area contributed by atoms with Gasteiger partial charge in [-0.3, -0.25) is 9.69 Å². The predicted octanol–water partition coefficient (Wildman–Crippen LogP) is 0.981. The Morgan fingerprint density at radius 1 is 1.26 bits per heavy atom. The SMILES string of the molecule is C/C(=N\NC(=O)c1c(CN2CCOCC2)nnn1-c1nonc1N)c1ccc(Br)cc1. The van der Waals surface area contributed by atoms with E-state index in [4.69, 9.17) is 10.5 Å². The van der Waals surface area contributed by atoms with E-state index in [9.17, 15) is 4.79 Å². The highest BCUT2D eigenvalue weighted by Crippen LogP contribution is 2.18. The van der Waals surface area contributed by atoms with Gasteiger partial charge in [0.15, 0.2) is 5.69 Å². The number of anilines is 1. The Labute approximate surface area is 185 Å². The van der Waals surface area contributed by atoms with Gasteiger partial charge >= 0.3 is 0 Å². The molecule has 4 rings (SSSR count). The molecule has 0 bridgehead atoms. The number of carbonyl (C=O) groups excluding carboxylic acids is 1. The average molecular weight is 490 g/mol. The summed E-state index contributed by atoms with van der Waals surface area (Å²) in [5.41, 5.74) is 10.5. The van der Waals surface area contributed by atoms with Crippen molar-refractivity contribution in [2.75, 3.05) is 32.0 Å². The third kappa shape index (κ3) is 4.78. The van der Waals surface area contributed by atoms with E-state index in [1.807, 2.05) is 24.3 Å². The zero-order valence-corrected chi connectivity index (χ0v) is 18.2. The molecule has 12 nitrogen and oxygen atoms in total. The van der Waals surface area contributed by atoms with Crippen molar-refractivity contribution in [2.24, 2.45) is 5.10 Å². The van der Waals surface area contributed by atoms with E-state index in [2.05, 4.69) is 56.6 Å². The van der Waals surface area contributed by atoms with Gasteiger partial charge in [0.05, 0.1) is 18.9 Å². The van der Waals surface area contributed by atoms with Crippen LogP contribution in [0.15, 0.2) is 38.5 Å². The molecule has 1 amide bonds. The molecule has 1 aromatic carbocycles. The summed E-state index contributed by atoms with van der Waals surface area (Å²) in [5, 5.41) is 19.7. The Bertz CT molecular complexity index is 1090. The Hall–Kier alpha value is -3.16. The summed E-state index contributed by atoms with van der Waals surface area (Å²) in [6.07, 6.45) is 0. The molecular weight excluding hydrogens is 470 g/mol. The lowest BCUT2D eigenvalue weighted by atomic mass is 10.1. The molecule has 1 fully saturated rings. The number of morpholine rings is 1. The second-order valence-electron chi connectivity index (χ2n) is 6.80. The van der Waals surface area contributed by atoms with Gasteiger partial charge < -0.3 is 10.5 Å². The number of carbonyl (C=O) groups is 1. The number of aromatic nitrogens is 5. The first kappa shape index (κ1) is 21.1. The van der Waals surface area contributed by atoms with Crippen molar-refractivity contribution >= 4 is 33.4 Å². The number of amides is 1. The molecule has 0 atom stereocenters. The molecule has 0 saturated carbocycles. The molecule has 162 valence electrons. The fourth-order valence-corrected chi connectivity index (χ4v) is 3.31. The zero-order chi connectivity index (χ0) is 21.8. The van der Waals surface area contributed by atoms with E-state index < -0.39 is 5.91 Å². The molecule has 31 heavy (non-hydrogen) atoms. The van der Waals surface area contributed by atoms with Crippen molar-refractivity contribution in [1.82, 2.24) is 35.6 Å². The molecule has 3 heterocycles. The average Bonchev–Trinajstić information content (AvgIpc) is 3.38. The van der Waals surface area contributed by atoms with Gasteiger partial charge in [0.1, 0.15) is 5.69 Å². The maximum Gasteiger partial charge on any atom is 0.292 e. The number of nitrogens with one attached hydrogen (secondary N) is 1. The van der Waals surface area contributed by atoms with Crippen molar-refractivity contribution in [3.8, 4) is 5.82 Å². The number of hydrogen-bond acceptors (Lipinski definition) is 10. The molecular formula is C18H20BrN9O3. The lowest BCUT2D eigenvalue weighted by Crippen LogP contribution is -2.36. The number of hydrogen-bond donors (Lipinski definition) is 2. The minimum Gasteiger partial charge on any atom is -0.379 e. The molecule has 3 aromatic rings. The summed E-state index contributed by atoms with van der Waals surface area (Å²) in [6, 6.07) is 7.59. The fraction of sp³-hybridized carbons (Fsp3) is 0.333. The van der Waals surface area contributed by atoms with Gasteiger partial charge in [0.2, 0.25) is 11.6 Å². The summed E-state index contributed by atoms with van der Waals surface area (Å²) in [5.74, 6) is -0.432. The predicted molar refractivity (Wildman–Crippen MR) is 114 cm³/mol. The van der Waals surface area contributed by atoms with Crippen molar-refractivity contribution in [3.05, 3.63) is 45.7 Å². The van der Waals surface area contributed by atoms with Gasteiger partial charge in [-0.2, -0.15) is 9.78 Å². The maximum absolute atomic E-state index is 13.1. The number of nitrogens with two attached hydrogens (primary N) is 1. The van der Waals surface area contributed by atoms with Crippen LogP contribution in [-0.4, -0.2) is 68.1 Å². The first-order valence-corrected chi connectivity index (χ1v) is 10.3. The van der Waals surface area contributed by atoms with E-state index in [-0.39, 0.29) is 17.3 Å². The lowest BCUT2D eigenvalue weighted by molar-refractivity contribution is 0.0335. The molecule has 1 aliphatic rings. The van der Waals surface area contributed by atoms with Gasteiger partial charge in [-0.25, -0.2) is 10.1 Å². The minimum absolute atomic E-state index is 0.00795. The van der Waals surface area contributed by atoms with Crippen molar-refractivity contribution in [2.45, 2.75) is 13.5 Å². The highest BCUT2D eigenvalue weighted by Gasteiger charge is 2.26. The number of halogens is 1. The van der Waals surface area contributed by atoms with Crippen LogP contribution in [0.25, 0.3) is 5.82 Å². The summed E-state index contributed by atoms with van der Waals surface area (Å²) in [7, 11) is 0. The van der Waals surface area contributed by atoms with Crippen LogP contribution in [0.1, 0.15) is 28.7 Å². The van der Waals surface area contributed by atoms with Gasteiger partial charge in [-0.15, -0.1) is 5.10 Å². The van der Waals surface area contributed by atoms with Crippen LogP contribution < -0.4 is 11.2 Å². The Morgan fingerprint density at radius 2 is 2.00 bits per heavy atom. The Morgan fingerprint density at radius 3 is 2.68 bits per heavy atom. The normalized spacial score (nSPS) is 15.2. The lowest BCUT2D eigenvalue weighted by Gasteiger charge is -2.25. The largest absolute Gasteiger partial charge is 0.379 e. The standard InChI is InChI=1S/C18H20BrN9O3/c1-11(12-2-4-13(19)5-3-12)21-23-18(29)15-14(10-27-6-8-30-9-7-27)22-26-28(15)17-16(20)24-31-25-17/h2-5H,6-10H2,1H3,(H2,20,24)(H,23,29)/b21-11+. The highest BCUT2D eigenvalue weighted by molar-refractivity contribution is 9.10. The third-order valence-electron chi connectivity index (χ3n) is 4.72. The zero-order valence-electron chi connectivity index (χ0n) is 16.7. The molecule has 0 aliphatic carbocycles. The quantitative estimate of drug-likeness (QED) is 0.381. The third-order valence-corrected chi connectivity index (χ3v) is 5.24. The van der Waals surface area contributed by atoms with Crippen molar-refractivity contribution < 1.29 is 14.2 Å². The van der Waals surface area contributed by atoms with Gasteiger partial charge in [0.25, 0.3) is 5.91 Å². The summed E-state index contributed by atoms with van der Waals surface area (Å²) >= 11 is 3.40. The number of hydrazone groups is 1. The van der Waals surface area contributed by atoms with Crippen LogP contribution in [0.4, 0.5) is 5.82 Å². The Kier molecular flexibility index (Phi) is 6.34. The molecule has 0 spiro atoms. The minimum atomic E-state index is -0.507. The van der Waals surface area contributed by atoms with E-state index in [0.717, 1.165) is 23.1 Å². The number of rotatable bonds is 6. The van der Waals surface area contributed by atoms with Gasteiger partial charge in [-0.1, -0.05) is 33.3 Å². The van der Waals surface area contributed by atoms with Crippen molar-refractivity contribution in [1.29, 1.82) is 0 Å². The van der Waals surface area contributed by atoms with E-state index in [1.165, 1.54) is 4.68 Å².